The van der Waals surface area contributed by atoms with E-state index in [9.17, 15) is 13.2 Å². The van der Waals surface area contributed by atoms with Crippen molar-refractivity contribution < 1.29 is 18.3 Å². The van der Waals surface area contributed by atoms with Gasteiger partial charge in [-0.25, -0.2) is 13.2 Å². The second-order valence-electron chi connectivity index (χ2n) is 3.59. The van der Waals surface area contributed by atoms with Crippen molar-refractivity contribution in [2.75, 3.05) is 5.75 Å². The monoisotopic (exact) mass is 242 g/mol. The maximum absolute atomic E-state index is 11.8. The number of carboxylic acids is 1. The van der Waals surface area contributed by atoms with Crippen LogP contribution in [-0.4, -0.2) is 25.2 Å². The predicted molar refractivity (Wildman–Crippen MR) is 60.6 cm³/mol. The molecule has 16 heavy (non-hydrogen) atoms. The van der Waals surface area contributed by atoms with Crippen molar-refractivity contribution in [1.29, 1.82) is 0 Å². The van der Waals surface area contributed by atoms with Crippen LogP contribution in [0.25, 0.3) is 0 Å². The quantitative estimate of drug-likeness (QED) is 0.877. The van der Waals surface area contributed by atoms with Crippen molar-refractivity contribution in [2.45, 2.75) is 25.7 Å². The van der Waals surface area contributed by atoms with Crippen molar-refractivity contribution in [2.24, 2.45) is 0 Å². The Bertz CT molecular complexity index is 529. The van der Waals surface area contributed by atoms with Crippen molar-refractivity contribution in [3.63, 3.8) is 0 Å². The maximum Gasteiger partial charge on any atom is 0.335 e. The van der Waals surface area contributed by atoms with Crippen LogP contribution < -0.4 is 0 Å². The number of hydrogen-bond acceptors (Lipinski definition) is 3. The van der Waals surface area contributed by atoms with E-state index in [1.807, 2.05) is 0 Å². The summed E-state index contributed by atoms with van der Waals surface area (Å²) in [6, 6.07) is 2.96. The molecule has 1 aromatic rings. The molecule has 0 bridgehead atoms. The van der Waals surface area contributed by atoms with Gasteiger partial charge in [0.2, 0.25) is 0 Å². The minimum atomic E-state index is -3.38. The molecule has 88 valence electrons. The molecular formula is C11H14O4S. The summed E-state index contributed by atoms with van der Waals surface area (Å²) in [5.74, 6) is -1.14. The van der Waals surface area contributed by atoms with Crippen LogP contribution >= 0.6 is 0 Å². The number of benzene rings is 1. The van der Waals surface area contributed by atoms with Crippen LogP contribution in [0.4, 0.5) is 0 Å². The lowest BCUT2D eigenvalue weighted by Gasteiger charge is -2.11. The molecule has 0 heterocycles. The van der Waals surface area contributed by atoms with E-state index in [-0.39, 0.29) is 16.2 Å². The first-order valence-corrected chi connectivity index (χ1v) is 6.52. The molecule has 0 saturated heterocycles. The van der Waals surface area contributed by atoms with Crippen LogP contribution in [0.15, 0.2) is 17.0 Å². The summed E-state index contributed by atoms with van der Waals surface area (Å²) >= 11 is 0. The largest absolute Gasteiger partial charge is 0.478 e. The number of carbonyl (C=O) groups is 1. The lowest BCUT2D eigenvalue weighted by molar-refractivity contribution is 0.0696. The number of hydrogen-bond donors (Lipinski definition) is 1. The molecule has 0 saturated carbocycles. The Labute approximate surface area is 94.8 Å². The topological polar surface area (TPSA) is 71.4 Å². The van der Waals surface area contributed by atoms with Gasteiger partial charge in [0.05, 0.1) is 16.2 Å². The Balaban J connectivity index is 3.63. The first kappa shape index (κ1) is 12.7. The van der Waals surface area contributed by atoms with Gasteiger partial charge in [-0.15, -0.1) is 0 Å². The van der Waals surface area contributed by atoms with Crippen LogP contribution in [0.3, 0.4) is 0 Å². The lowest BCUT2D eigenvalue weighted by Crippen LogP contribution is -2.11. The second kappa shape index (κ2) is 4.25. The van der Waals surface area contributed by atoms with Crippen LogP contribution in [0, 0.1) is 13.8 Å². The first-order valence-electron chi connectivity index (χ1n) is 4.87. The third kappa shape index (κ3) is 2.09. The molecule has 0 radical (unpaired) electrons. The smallest absolute Gasteiger partial charge is 0.335 e. The zero-order valence-corrected chi connectivity index (χ0v) is 10.3. The van der Waals surface area contributed by atoms with Crippen LogP contribution in [-0.2, 0) is 9.84 Å². The SMILES string of the molecule is CCS(=O)(=O)c1c(C)ccc(C(=O)O)c1C. The molecule has 0 atom stereocenters. The van der Waals surface area contributed by atoms with Gasteiger partial charge in [-0.05, 0) is 31.0 Å². The molecule has 1 rings (SSSR count). The van der Waals surface area contributed by atoms with Gasteiger partial charge in [0.25, 0.3) is 0 Å². The van der Waals surface area contributed by atoms with Crippen LogP contribution in [0.2, 0.25) is 0 Å². The molecule has 0 aliphatic heterocycles. The highest BCUT2D eigenvalue weighted by Gasteiger charge is 2.21. The first-order chi connectivity index (χ1) is 7.31. The Hall–Kier alpha value is -1.36. The fourth-order valence-electron chi connectivity index (χ4n) is 1.68. The zero-order chi connectivity index (χ0) is 12.5. The van der Waals surface area contributed by atoms with Crippen LogP contribution in [0.1, 0.15) is 28.4 Å². The predicted octanol–water partition coefficient (Wildman–Crippen LogP) is 1.80. The lowest BCUT2D eigenvalue weighted by atomic mass is 10.1. The third-order valence-corrected chi connectivity index (χ3v) is 4.53. The third-order valence-electron chi connectivity index (χ3n) is 2.52. The molecule has 0 unspecified atom stereocenters. The number of carboxylic acid groups (broad SMARTS) is 1. The van der Waals surface area contributed by atoms with E-state index < -0.39 is 15.8 Å². The molecule has 0 spiro atoms. The molecule has 0 aliphatic rings. The average molecular weight is 242 g/mol. The van der Waals surface area contributed by atoms with Crippen molar-refractivity contribution in [1.82, 2.24) is 0 Å². The van der Waals surface area contributed by atoms with Gasteiger partial charge in [0, 0.05) is 0 Å². The number of sulfone groups is 1. The van der Waals surface area contributed by atoms with Gasteiger partial charge in [-0.2, -0.15) is 0 Å². The minimum Gasteiger partial charge on any atom is -0.478 e. The standard InChI is InChI=1S/C11H14O4S/c1-4-16(14,15)10-7(2)5-6-9(8(10)3)11(12)13/h5-6H,4H2,1-3H3,(H,12,13). The van der Waals surface area contributed by atoms with E-state index in [0.29, 0.717) is 11.1 Å². The highest BCUT2D eigenvalue weighted by molar-refractivity contribution is 7.91. The van der Waals surface area contributed by atoms with Gasteiger partial charge in [-0.3, -0.25) is 0 Å². The molecule has 5 heteroatoms. The van der Waals surface area contributed by atoms with Gasteiger partial charge in [0.1, 0.15) is 0 Å². The summed E-state index contributed by atoms with van der Waals surface area (Å²) in [5.41, 5.74) is 0.941. The normalized spacial score (nSPS) is 11.4. The molecular weight excluding hydrogens is 228 g/mol. The van der Waals surface area contributed by atoms with E-state index in [0.717, 1.165) is 0 Å². The Morgan fingerprint density at radius 2 is 1.88 bits per heavy atom. The highest BCUT2D eigenvalue weighted by atomic mass is 32.2. The van der Waals surface area contributed by atoms with E-state index in [1.165, 1.54) is 19.1 Å². The summed E-state index contributed by atoms with van der Waals surface area (Å²) in [4.78, 5) is 11.1. The van der Waals surface area contributed by atoms with E-state index in [4.69, 9.17) is 5.11 Å². The number of aromatic carboxylic acids is 1. The number of aryl methyl sites for hydroxylation is 1. The van der Waals surface area contributed by atoms with Crippen molar-refractivity contribution in [3.05, 3.63) is 28.8 Å². The zero-order valence-electron chi connectivity index (χ0n) is 9.44. The van der Waals surface area contributed by atoms with Crippen molar-refractivity contribution >= 4 is 15.8 Å². The number of rotatable bonds is 3. The molecule has 4 nitrogen and oxygen atoms in total. The van der Waals surface area contributed by atoms with Gasteiger partial charge >= 0.3 is 5.97 Å². The molecule has 0 amide bonds. The van der Waals surface area contributed by atoms with E-state index in [1.54, 1.807) is 13.8 Å². The average Bonchev–Trinajstić information content (AvgIpc) is 2.16. The van der Waals surface area contributed by atoms with E-state index in [2.05, 4.69) is 0 Å². The molecule has 1 aromatic carbocycles. The molecule has 0 aliphatic carbocycles. The fourth-order valence-corrected chi connectivity index (χ4v) is 3.11. The Morgan fingerprint density at radius 3 is 2.31 bits per heavy atom. The molecule has 1 N–H and O–H groups in total. The van der Waals surface area contributed by atoms with Gasteiger partial charge < -0.3 is 5.11 Å². The summed E-state index contributed by atoms with van der Waals surface area (Å²) in [5, 5.41) is 8.92. The van der Waals surface area contributed by atoms with Crippen LogP contribution in [0.5, 0.6) is 0 Å². The Kier molecular flexibility index (Phi) is 3.38. The van der Waals surface area contributed by atoms with Gasteiger partial charge in [0.15, 0.2) is 9.84 Å². The van der Waals surface area contributed by atoms with E-state index >= 15 is 0 Å². The van der Waals surface area contributed by atoms with Crippen molar-refractivity contribution in [3.8, 4) is 0 Å². The Morgan fingerprint density at radius 1 is 1.31 bits per heavy atom. The van der Waals surface area contributed by atoms with Gasteiger partial charge in [-0.1, -0.05) is 13.0 Å². The summed E-state index contributed by atoms with van der Waals surface area (Å²) in [6.07, 6.45) is 0. The molecule has 0 fully saturated rings. The summed E-state index contributed by atoms with van der Waals surface area (Å²) in [7, 11) is -3.38. The summed E-state index contributed by atoms with van der Waals surface area (Å²) in [6.45, 7) is 4.74. The molecule has 0 aromatic heterocycles. The maximum atomic E-state index is 11.8. The highest BCUT2D eigenvalue weighted by Crippen LogP contribution is 2.24. The second-order valence-corrected chi connectivity index (χ2v) is 5.81. The fraction of sp³-hybridized carbons (Fsp3) is 0.364. The summed E-state index contributed by atoms with van der Waals surface area (Å²) < 4.78 is 23.6. The minimum absolute atomic E-state index is 0.0300.